The second kappa shape index (κ2) is 8.11. The van der Waals surface area contributed by atoms with Gasteiger partial charge in [0.1, 0.15) is 10.8 Å². The van der Waals surface area contributed by atoms with Crippen LogP contribution in [0, 0.1) is 5.92 Å². The Hall–Kier alpha value is -1.88. The Kier molecular flexibility index (Phi) is 6.16. The number of nitrogens with zero attached hydrogens (tertiary/aromatic N) is 1. The number of benzene rings is 1. The average molecular weight is 332 g/mol. The molecule has 2 aromatic rings. The Labute approximate surface area is 141 Å². The first-order chi connectivity index (χ1) is 11.0. The van der Waals surface area contributed by atoms with Crippen molar-refractivity contribution < 1.29 is 9.53 Å². The van der Waals surface area contributed by atoms with Gasteiger partial charge in [-0.05, 0) is 44.0 Å². The number of carbonyl (C=O) groups is 1. The Morgan fingerprint density at radius 1 is 1.26 bits per heavy atom. The van der Waals surface area contributed by atoms with E-state index in [1.807, 2.05) is 43.5 Å². The third-order valence-corrected chi connectivity index (χ3v) is 4.63. The Bertz CT molecular complexity index is 635. The summed E-state index contributed by atoms with van der Waals surface area (Å²) in [5.41, 5.74) is 1.85. The van der Waals surface area contributed by atoms with Crippen molar-refractivity contribution in [2.24, 2.45) is 5.92 Å². The highest BCUT2D eigenvalue weighted by Gasteiger charge is 2.13. The number of rotatable bonds is 7. The molecule has 124 valence electrons. The lowest BCUT2D eigenvalue weighted by Gasteiger charge is -2.16. The second-order valence-corrected chi connectivity index (χ2v) is 6.74. The third-order valence-electron chi connectivity index (χ3n) is 3.69. The molecule has 1 unspecified atom stereocenters. The smallest absolute Gasteiger partial charge is 0.226 e. The molecule has 1 atom stereocenters. The van der Waals surface area contributed by atoms with Gasteiger partial charge in [0.05, 0.1) is 18.7 Å². The number of aromatic nitrogens is 1. The molecule has 0 aliphatic carbocycles. The highest BCUT2D eigenvalue weighted by Crippen LogP contribution is 2.26. The molecule has 1 N–H and O–H groups in total. The normalized spacial score (nSPS) is 12.2. The largest absolute Gasteiger partial charge is 0.494 e. The maximum absolute atomic E-state index is 12.0. The number of hydrogen-bond acceptors (Lipinski definition) is 4. The number of hydrogen-bond donors (Lipinski definition) is 1. The maximum atomic E-state index is 12.0. The van der Waals surface area contributed by atoms with E-state index in [-0.39, 0.29) is 11.9 Å². The van der Waals surface area contributed by atoms with Crippen molar-refractivity contribution in [1.82, 2.24) is 10.3 Å². The van der Waals surface area contributed by atoms with Gasteiger partial charge in [0.15, 0.2) is 0 Å². The molecule has 2 rings (SSSR count). The van der Waals surface area contributed by atoms with Gasteiger partial charge in [0.25, 0.3) is 0 Å². The van der Waals surface area contributed by atoms with Crippen molar-refractivity contribution in [3.8, 4) is 16.3 Å². The quantitative estimate of drug-likeness (QED) is 0.836. The molecule has 0 fully saturated rings. The van der Waals surface area contributed by atoms with Crippen LogP contribution in [0.2, 0.25) is 0 Å². The van der Waals surface area contributed by atoms with Gasteiger partial charge in [0, 0.05) is 17.0 Å². The van der Waals surface area contributed by atoms with Crippen LogP contribution in [0.5, 0.6) is 5.75 Å². The lowest BCUT2D eigenvalue weighted by molar-refractivity contribution is -0.121. The molecular formula is C18H24N2O2S. The van der Waals surface area contributed by atoms with Crippen LogP contribution in [-0.4, -0.2) is 23.5 Å². The van der Waals surface area contributed by atoms with Gasteiger partial charge in [-0.2, -0.15) is 0 Å². The lowest BCUT2D eigenvalue weighted by Crippen LogP contribution is -2.37. The first-order valence-electron chi connectivity index (χ1n) is 7.96. The summed E-state index contributed by atoms with van der Waals surface area (Å²) in [6.07, 6.45) is 0.324. The van der Waals surface area contributed by atoms with E-state index in [9.17, 15) is 4.79 Å². The van der Waals surface area contributed by atoms with Crippen LogP contribution in [0.1, 0.15) is 33.4 Å². The molecule has 1 heterocycles. The van der Waals surface area contributed by atoms with Gasteiger partial charge in [-0.25, -0.2) is 4.98 Å². The van der Waals surface area contributed by atoms with Crippen molar-refractivity contribution in [2.45, 2.75) is 40.2 Å². The number of ether oxygens (including phenoxy) is 1. The van der Waals surface area contributed by atoms with Gasteiger partial charge >= 0.3 is 0 Å². The van der Waals surface area contributed by atoms with E-state index in [1.54, 1.807) is 11.3 Å². The van der Waals surface area contributed by atoms with E-state index in [2.05, 4.69) is 24.1 Å². The molecule has 1 aromatic carbocycles. The molecule has 0 saturated heterocycles. The van der Waals surface area contributed by atoms with E-state index in [4.69, 9.17) is 4.74 Å². The van der Waals surface area contributed by atoms with Crippen molar-refractivity contribution in [3.63, 3.8) is 0 Å². The van der Waals surface area contributed by atoms with E-state index in [1.165, 1.54) is 0 Å². The summed E-state index contributed by atoms with van der Waals surface area (Å²) >= 11 is 1.56. The zero-order valence-electron chi connectivity index (χ0n) is 14.1. The molecule has 0 aliphatic rings. The molecule has 0 spiro atoms. The maximum Gasteiger partial charge on any atom is 0.226 e. The van der Waals surface area contributed by atoms with Gasteiger partial charge < -0.3 is 10.1 Å². The minimum atomic E-state index is 0.0229. The predicted octanol–water partition coefficient (Wildman–Crippen LogP) is 3.91. The topological polar surface area (TPSA) is 51.2 Å². The fourth-order valence-electron chi connectivity index (χ4n) is 2.02. The minimum absolute atomic E-state index is 0.0229. The molecular weight excluding hydrogens is 308 g/mol. The van der Waals surface area contributed by atoms with Crippen molar-refractivity contribution in [2.75, 3.05) is 6.61 Å². The number of carbonyl (C=O) groups excluding carboxylic acids is 1. The first kappa shape index (κ1) is 17.5. The minimum Gasteiger partial charge on any atom is -0.494 e. The van der Waals surface area contributed by atoms with Crippen molar-refractivity contribution in [3.05, 3.63) is 35.3 Å². The van der Waals surface area contributed by atoms with Crippen LogP contribution in [0.25, 0.3) is 10.6 Å². The van der Waals surface area contributed by atoms with Crippen LogP contribution in [0.3, 0.4) is 0 Å². The second-order valence-electron chi connectivity index (χ2n) is 5.88. The molecule has 0 saturated carbocycles. The van der Waals surface area contributed by atoms with E-state index < -0.39 is 0 Å². The van der Waals surface area contributed by atoms with Crippen LogP contribution in [0.15, 0.2) is 29.6 Å². The monoisotopic (exact) mass is 332 g/mol. The average Bonchev–Trinajstić information content (AvgIpc) is 2.96. The lowest BCUT2D eigenvalue weighted by atomic mass is 10.1. The standard InChI is InChI=1S/C18H24N2O2S/c1-5-22-16-8-6-14(7-9-16)18-20-15(11-23-18)10-17(21)19-13(4)12(2)3/h6-9,11-13H,5,10H2,1-4H3,(H,19,21). The van der Waals surface area contributed by atoms with E-state index in [0.29, 0.717) is 18.9 Å². The van der Waals surface area contributed by atoms with Crippen molar-refractivity contribution in [1.29, 1.82) is 0 Å². The highest BCUT2D eigenvalue weighted by atomic mass is 32.1. The van der Waals surface area contributed by atoms with Gasteiger partial charge in [-0.1, -0.05) is 13.8 Å². The number of amides is 1. The summed E-state index contributed by atoms with van der Waals surface area (Å²) in [6.45, 7) is 8.83. The Morgan fingerprint density at radius 2 is 1.96 bits per heavy atom. The Morgan fingerprint density at radius 3 is 2.57 bits per heavy atom. The summed E-state index contributed by atoms with van der Waals surface area (Å²) in [7, 11) is 0. The van der Waals surface area contributed by atoms with Crippen LogP contribution in [-0.2, 0) is 11.2 Å². The molecule has 4 nitrogen and oxygen atoms in total. The van der Waals surface area contributed by atoms with Gasteiger partial charge in [0.2, 0.25) is 5.91 Å². The highest BCUT2D eigenvalue weighted by molar-refractivity contribution is 7.13. The van der Waals surface area contributed by atoms with E-state index in [0.717, 1.165) is 22.0 Å². The number of thiazole rings is 1. The van der Waals surface area contributed by atoms with Crippen LogP contribution >= 0.6 is 11.3 Å². The molecule has 5 heteroatoms. The number of nitrogens with one attached hydrogen (secondary N) is 1. The molecule has 0 aliphatic heterocycles. The Balaban J connectivity index is 1.98. The zero-order valence-corrected chi connectivity index (χ0v) is 14.9. The van der Waals surface area contributed by atoms with Gasteiger partial charge in [-0.3, -0.25) is 4.79 Å². The third kappa shape index (κ3) is 5.06. The SMILES string of the molecule is CCOc1ccc(-c2nc(CC(=O)NC(C)C(C)C)cs2)cc1. The summed E-state index contributed by atoms with van der Waals surface area (Å²) in [5, 5.41) is 5.88. The molecule has 0 radical (unpaired) electrons. The summed E-state index contributed by atoms with van der Waals surface area (Å²) in [6, 6.07) is 8.04. The van der Waals surface area contributed by atoms with Crippen LogP contribution < -0.4 is 10.1 Å². The van der Waals surface area contributed by atoms with Crippen molar-refractivity contribution >= 4 is 17.2 Å². The van der Waals surface area contributed by atoms with E-state index >= 15 is 0 Å². The fraction of sp³-hybridized carbons (Fsp3) is 0.444. The molecule has 23 heavy (non-hydrogen) atoms. The molecule has 1 aromatic heterocycles. The zero-order chi connectivity index (χ0) is 16.8. The van der Waals surface area contributed by atoms with Crippen LogP contribution in [0.4, 0.5) is 0 Å². The molecule has 1 amide bonds. The summed E-state index contributed by atoms with van der Waals surface area (Å²) in [4.78, 5) is 16.6. The molecule has 0 bridgehead atoms. The summed E-state index contributed by atoms with van der Waals surface area (Å²) in [5.74, 6) is 1.30. The first-order valence-corrected chi connectivity index (χ1v) is 8.84. The van der Waals surface area contributed by atoms with Gasteiger partial charge in [-0.15, -0.1) is 11.3 Å². The summed E-state index contributed by atoms with van der Waals surface area (Å²) < 4.78 is 5.44. The predicted molar refractivity (Wildman–Crippen MR) is 94.9 cm³/mol. The fourth-order valence-corrected chi connectivity index (χ4v) is 2.84.